The highest BCUT2D eigenvalue weighted by molar-refractivity contribution is 5.83. The first-order valence-corrected chi connectivity index (χ1v) is 3.64. The van der Waals surface area contributed by atoms with E-state index in [1.807, 2.05) is 0 Å². The lowest BCUT2D eigenvalue weighted by molar-refractivity contribution is -0.122. The molecule has 0 saturated heterocycles. The van der Waals surface area contributed by atoms with Crippen LogP contribution in [-0.2, 0) is 9.59 Å². The van der Waals surface area contributed by atoms with Gasteiger partial charge >= 0.3 is 0 Å². The van der Waals surface area contributed by atoms with Crippen LogP contribution in [0.2, 0.25) is 0 Å². The summed E-state index contributed by atoms with van der Waals surface area (Å²) in [7, 11) is 1.60. The fraction of sp³-hybridized carbons (Fsp3) is 0.714. The van der Waals surface area contributed by atoms with E-state index in [1.54, 1.807) is 7.05 Å². The quantitative estimate of drug-likeness (QED) is 0.553. The van der Waals surface area contributed by atoms with Gasteiger partial charge in [-0.3, -0.25) is 9.59 Å². The third-order valence-corrected chi connectivity index (χ3v) is 1.76. The largest absolute Gasteiger partial charge is 0.359 e. The lowest BCUT2D eigenvalue weighted by Crippen LogP contribution is -2.29. The number of hydrogen-bond acceptors (Lipinski definition) is 2. The molecule has 0 heterocycles. The predicted molar refractivity (Wildman–Crippen MR) is 39.8 cm³/mol. The molecule has 2 amide bonds. The molecule has 11 heavy (non-hydrogen) atoms. The highest BCUT2D eigenvalue weighted by atomic mass is 16.2. The van der Waals surface area contributed by atoms with Crippen LogP contribution in [0, 0.1) is 5.92 Å². The Labute approximate surface area is 65.3 Å². The fourth-order valence-electron chi connectivity index (χ4n) is 1.09. The second-order valence-corrected chi connectivity index (χ2v) is 2.76. The zero-order chi connectivity index (χ0) is 8.43. The Bertz CT molecular complexity index is 191. The van der Waals surface area contributed by atoms with E-state index in [0.29, 0.717) is 0 Å². The monoisotopic (exact) mass is 156 g/mol. The summed E-state index contributed by atoms with van der Waals surface area (Å²) in [6.07, 6.45) is 0.777. The minimum Gasteiger partial charge on any atom is -0.359 e. The van der Waals surface area contributed by atoms with Crippen molar-refractivity contribution in [2.24, 2.45) is 5.92 Å². The Morgan fingerprint density at radius 1 is 1.45 bits per heavy atom. The maximum Gasteiger partial charge on any atom is 0.225 e. The van der Waals surface area contributed by atoms with E-state index in [-0.39, 0.29) is 23.8 Å². The summed E-state index contributed by atoms with van der Waals surface area (Å²) >= 11 is 0. The highest BCUT2D eigenvalue weighted by Crippen LogP contribution is 2.29. The highest BCUT2D eigenvalue weighted by Gasteiger charge is 2.42. The van der Waals surface area contributed by atoms with E-state index >= 15 is 0 Å². The van der Waals surface area contributed by atoms with Gasteiger partial charge in [0.25, 0.3) is 0 Å². The summed E-state index contributed by atoms with van der Waals surface area (Å²) < 4.78 is 0. The van der Waals surface area contributed by atoms with Crippen LogP contribution in [0.1, 0.15) is 13.3 Å². The molecule has 0 aliphatic heterocycles. The zero-order valence-corrected chi connectivity index (χ0v) is 6.68. The molecule has 0 aromatic carbocycles. The first-order chi connectivity index (χ1) is 5.15. The van der Waals surface area contributed by atoms with Crippen molar-refractivity contribution in [3.63, 3.8) is 0 Å². The summed E-state index contributed by atoms with van der Waals surface area (Å²) in [5.41, 5.74) is 0. The van der Waals surface area contributed by atoms with Crippen LogP contribution < -0.4 is 10.6 Å². The van der Waals surface area contributed by atoms with Gasteiger partial charge in [0.15, 0.2) is 0 Å². The van der Waals surface area contributed by atoms with Crippen molar-refractivity contribution in [1.82, 2.24) is 10.6 Å². The lowest BCUT2D eigenvalue weighted by Gasteiger charge is -1.98. The third kappa shape index (κ3) is 1.93. The summed E-state index contributed by atoms with van der Waals surface area (Å²) in [5, 5.41) is 5.22. The maximum absolute atomic E-state index is 10.9. The third-order valence-electron chi connectivity index (χ3n) is 1.76. The van der Waals surface area contributed by atoms with E-state index in [2.05, 4.69) is 10.6 Å². The van der Waals surface area contributed by atoms with Gasteiger partial charge in [0, 0.05) is 20.0 Å². The van der Waals surface area contributed by atoms with Crippen LogP contribution in [-0.4, -0.2) is 24.9 Å². The normalized spacial score (nSPS) is 27.5. The van der Waals surface area contributed by atoms with Gasteiger partial charge in [-0.2, -0.15) is 0 Å². The molecule has 0 radical (unpaired) electrons. The summed E-state index contributed by atoms with van der Waals surface area (Å²) in [4.78, 5) is 21.4. The SMILES string of the molecule is CNC(=O)C1CC1NC(C)=O. The Morgan fingerprint density at radius 3 is 2.55 bits per heavy atom. The fourth-order valence-corrected chi connectivity index (χ4v) is 1.09. The molecule has 1 aliphatic rings. The van der Waals surface area contributed by atoms with Crippen molar-refractivity contribution in [1.29, 1.82) is 0 Å². The number of carbonyl (C=O) groups excluding carboxylic acids is 2. The zero-order valence-electron chi connectivity index (χ0n) is 6.68. The van der Waals surface area contributed by atoms with Gasteiger partial charge in [0.05, 0.1) is 5.92 Å². The molecular formula is C7H12N2O2. The van der Waals surface area contributed by atoms with Gasteiger partial charge in [-0.05, 0) is 6.42 Å². The van der Waals surface area contributed by atoms with E-state index in [0.717, 1.165) is 6.42 Å². The van der Waals surface area contributed by atoms with E-state index in [4.69, 9.17) is 0 Å². The minimum absolute atomic E-state index is 0.00361. The molecule has 1 aliphatic carbocycles. The first-order valence-electron chi connectivity index (χ1n) is 3.64. The molecule has 2 unspecified atom stereocenters. The lowest BCUT2D eigenvalue weighted by atomic mass is 10.4. The molecule has 0 aromatic rings. The van der Waals surface area contributed by atoms with Crippen LogP contribution in [0.25, 0.3) is 0 Å². The van der Waals surface area contributed by atoms with Crippen LogP contribution in [0.3, 0.4) is 0 Å². The van der Waals surface area contributed by atoms with E-state index < -0.39 is 0 Å². The molecule has 0 aromatic heterocycles. The van der Waals surface area contributed by atoms with Gasteiger partial charge in [-0.1, -0.05) is 0 Å². The van der Waals surface area contributed by atoms with Gasteiger partial charge < -0.3 is 10.6 Å². The number of hydrogen-bond donors (Lipinski definition) is 2. The summed E-state index contributed by atoms with van der Waals surface area (Å²) in [6.45, 7) is 1.46. The molecule has 4 heteroatoms. The van der Waals surface area contributed by atoms with Crippen LogP contribution >= 0.6 is 0 Å². The average Bonchev–Trinajstić information content (AvgIpc) is 2.65. The van der Waals surface area contributed by atoms with Gasteiger partial charge in [-0.15, -0.1) is 0 Å². The summed E-state index contributed by atoms with van der Waals surface area (Å²) in [5.74, 6) is -0.0472. The second-order valence-electron chi connectivity index (χ2n) is 2.76. The van der Waals surface area contributed by atoms with Crippen molar-refractivity contribution in [2.45, 2.75) is 19.4 Å². The van der Waals surface area contributed by atoms with Gasteiger partial charge in [-0.25, -0.2) is 0 Å². The van der Waals surface area contributed by atoms with Crippen molar-refractivity contribution < 1.29 is 9.59 Å². The Kier molecular flexibility index (Phi) is 2.12. The van der Waals surface area contributed by atoms with Gasteiger partial charge in [0.2, 0.25) is 11.8 Å². The van der Waals surface area contributed by atoms with E-state index in [9.17, 15) is 9.59 Å². The molecule has 1 fully saturated rings. The maximum atomic E-state index is 10.9. The number of nitrogens with one attached hydrogen (secondary N) is 2. The smallest absolute Gasteiger partial charge is 0.225 e. The standard InChI is InChI=1S/C7H12N2O2/c1-4(10)9-6-3-5(6)7(11)8-2/h5-6H,3H2,1-2H3,(H,8,11)(H,9,10). The summed E-state index contributed by atoms with van der Waals surface area (Å²) in [6, 6.07) is 0.0763. The first kappa shape index (κ1) is 8.04. The van der Waals surface area contributed by atoms with Crippen LogP contribution in [0.4, 0.5) is 0 Å². The molecule has 1 rings (SSSR count). The Hall–Kier alpha value is -1.06. The van der Waals surface area contributed by atoms with Gasteiger partial charge in [0.1, 0.15) is 0 Å². The molecular weight excluding hydrogens is 144 g/mol. The Balaban J connectivity index is 2.26. The molecule has 2 atom stereocenters. The molecule has 2 N–H and O–H groups in total. The Morgan fingerprint density at radius 2 is 2.09 bits per heavy atom. The minimum atomic E-state index is -0.0681. The van der Waals surface area contributed by atoms with Crippen molar-refractivity contribution >= 4 is 11.8 Å². The van der Waals surface area contributed by atoms with Crippen molar-refractivity contribution in [2.75, 3.05) is 7.05 Å². The molecule has 0 spiro atoms. The van der Waals surface area contributed by atoms with E-state index in [1.165, 1.54) is 6.92 Å². The van der Waals surface area contributed by atoms with Crippen LogP contribution in [0.15, 0.2) is 0 Å². The number of amides is 2. The van der Waals surface area contributed by atoms with Crippen molar-refractivity contribution in [3.05, 3.63) is 0 Å². The molecule has 1 saturated carbocycles. The topological polar surface area (TPSA) is 58.2 Å². The molecule has 0 bridgehead atoms. The predicted octanol–water partition coefficient (Wildman–Crippen LogP) is -0.743. The molecule has 62 valence electrons. The average molecular weight is 156 g/mol. The number of rotatable bonds is 2. The van der Waals surface area contributed by atoms with Crippen molar-refractivity contribution in [3.8, 4) is 0 Å². The second kappa shape index (κ2) is 2.90. The van der Waals surface area contributed by atoms with Crippen LogP contribution in [0.5, 0.6) is 0 Å². The number of carbonyl (C=O) groups is 2. The molecule has 4 nitrogen and oxygen atoms in total.